The average molecular weight is 478 g/mol. The van der Waals surface area contributed by atoms with Gasteiger partial charge in [0.05, 0.1) is 6.61 Å². The minimum atomic E-state index is 0.803. The number of rotatable bonds is 21. The van der Waals surface area contributed by atoms with Crippen LogP contribution in [0.1, 0.15) is 134 Å². The van der Waals surface area contributed by atoms with Crippen molar-refractivity contribution in [2.24, 2.45) is 4.99 Å². The van der Waals surface area contributed by atoms with Crippen LogP contribution in [-0.2, 0) is 0 Å². The molecule has 0 N–H and O–H groups in total. The molecular weight excluding hydrogens is 426 g/mol. The van der Waals surface area contributed by atoms with Crippen molar-refractivity contribution in [2.45, 2.75) is 129 Å². The molecule has 2 nitrogen and oxygen atoms in total. The van der Waals surface area contributed by atoms with E-state index in [1.807, 2.05) is 30.5 Å². The van der Waals surface area contributed by atoms with E-state index in [0.29, 0.717) is 0 Å². The van der Waals surface area contributed by atoms with Crippen LogP contribution in [0.3, 0.4) is 0 Å². The van der Waals surface area contributed by atoms with Crippen molar-refractivity contribution in [1.82, 2.24) is 0 Å². The van der Waals surface area contributed by atoms with Crippen molar-refractivity contribution in [3.8, 4) is 29.4 Å². The highest BCUT2D eigenvalue weighted by atomic mass is 16.5. The third kappa shape index (κ3) is 20.9. The molecule has 0 bridgehead atoms. The smallest absolute Gasteiger partial charge is 0.119 e. The summed E-state index contributed by atoms with van der Waals surface area (Å²) in [6.45, 7) is 3.08. The predicted molar refractivity (Wildman–Crippen MR) is 154 cm³/mol. The topological polar surface area (TPSA) is 21.6 Å². The first-order chi connectivity index (χ1) is 17.4. The van der Waals surface area contributed by atoms with E-state index in [9.17, 15) is 0 Å². The highest BCUT2D eigenvalue weighted by molar-refractivity contribution is 5.79. The molecule has 0 fully saturated rings. The van der Waals surface area contributed by atoms with Gasteiger partial charge in [-0.25, -0.2) is 0 Å². The molecule has 0 unspecified atom stereocenters. The van der Waals surface area contributed by atoms with Gasteiger partial charge in [0, 0.05) is 26.1 Å². The summed E-state index contributed by atoms with van der Waals surface area (Å²) in [5.74, 6) is 13.5. The maximum atomic E-state index is 5.82. The van der Waals surface area contributed by atoms with Gasteiger partial charge in [0.15, 0.2) is 0 Å². The lowest BCUT2D eigenvalue weighted by Gasteiger charge is -2.06. The Morgan fingerprint density at radius 1 is 0.629 bits per heavy atom. The van der Waals surface area contributed by atoms with Crippen LogP contribution >= 0.6 is 0 Å². The fourth-order valence-corrected chi connectivity index (χ4v) is 4.10. The molecule has 0 saturated heterocycles. The summed E-state index contributed by atoms with van der Waals surface area (Å²) >= 11 is 0. The van der Waals surface area contributed by atoms with Gasteiger partial charge in [-0.2, -0.15) is 0 Å². The average Bonchev–Trinajstić information content (AvgIpc) is 2.88. The first-order valence-electron chi connectivity index (χ1n) is 14.5. The number of benzene rings is 1. The summed E-state index contributed by atoms with van der Waals surface area (Å²) in [5, 5.41) is 0. The molecule has 0 saturated carbocycles. The molecule has 0 heterocycles. The summed E-state index contributed by atoms with van der Waals surface area (Å²) in [6.07, 6.45) is 26.4. The first-order valence-corrected chi connectivity index (χ1v) is 14.5. The van der Waals surface area contributed by atoms with Crippen LogP contribution in [-0.4, -0.2) is 19.9 Å². The number of ether oxygens (including phenoxy) is 1. The Morgan fingerprint density at radius 2 is 1.09 bits per heavy atom. The zero-order valence-corrected chi connectivity index (χ0v) is 22.9. The zero-order valence-electron chi connectivity index (χ0n) is 22.9. The number of aliphatic imine (C=N–C) groups is 1. The van der Waals surface area contributed by atoms with Crippen molar-refractivity contribution in [2.75, 3.05) is 13.7 Å². The second kappa shape index (κ2) is 24.9. The molecule has 0 radical (unpaired) electrons. The third-order valence-corrected chi connectivity index (χ3v) is 6.27. The Balaban J connectivity index is 1.82. The summed E-state index contributed by atoms with van der Waals surface area (Å²) < 4.78 is 5.82. The van der Waals surface area contributed by atoms with E-state index in [1.54, 1.807) is 7.05 Å². The molecule has 2 heteroatoms. The van der Waals surface area contributed by atoms with E-state index in [2.05, 4.69) is 35.6 Å². The van der Waals surface area contributed by atoms with Crippen molar-refractivity contribution in [1.29, 1.82) is 0 Å². The van der Waals surface area contributed by atoms with Crippen molar-refractivity contribution in [3.05, 3.63) is 29.8 Å². The molecule has 35 heavy (non-hydrogen) atoms. The Morgan fingerprint density at radius 3 is 1.57 bits per heavy atom. The number of hydrogen-bond donors (Lipinski definition) is 0. The minimum Gasteiger partial charge on any atom is -0.494 e. The first kappa shape index (κ1) is 30.8. The van der Waals surface area contributed by atoms with Crippen LogP contribution < -0.4 is 4.74 Å². The monoisotopic (exact) mass is 477 g/mol. The van der Waals surface area contributed by atoms with E-state index in [1.165, 1.54) is 103 Å². The lowest BCUT2D eigenvalue weighted by molar-refractivity contribution is 0.304. The molecular formula is C33H51NO. The van der Waals surface area contributed by atoms with Gasteiger partial charge in [-0.05, 0) is 60.9 Å². The Labute approximate surface area is 217 Å². The standard InChI is InChI=1S/C33H51NO/c1-3-4-5-6-7-8-9-10-11-12-13-14-15-16-17-18-19-20-21-22-23-24-25-30-35-33-28-26-32(27-29-33)31-34-2/h26-29,31H,3-13,18-25,30H2,1-2H3. The Hall–Kier alpha value is -2.19. The molecule has 0 amide bonds. The van der Waals surface area contributed by atoms with E-state index in [0.717, 1.165) is 37.2 Å². The van der Waals surface area contributed by atoms with Crippen LogP contribution in [0, 0.1) is 23.7 Å². The van der Waals surface area contributed by atoms with E-state index < -0.39 is 0 Å². The highest BCUT2D eigenvalue weighted by Gasteiger charge is 1.96. The minimum absolute atomic E-state index is 0.803. The lowest BCUT2D eigenvalue weighted by Crippen LogP contribution is -1.97. The lowest BCUT2D eigenvalue weighted by atomic mass is 10.1. The maximum absolute atomic E-state index is 5.82. The van der Waals surface area contributed by atoms with E-state index in [4.69, 9.17) is 4.74 Å². The molecule has 0 aliphatic carbocycles. The number of nitrogens with zero attached hydrogens (tertiary/aromatic N) is 1. The van der Waals surface area contributed by atoms with Crippen LogP contribution in [0.25, 0.3) is 0 Å². The second-order valence-corrected chi connectivity index (χ2v) is 9.57. The highest BCUT2D eigenvalue weighted by Crippen LogP contribution is 2.13. The van der Waals surface area contributed by atoms with Gasteiger partial charge in [0.25, 0.3) is 0 Å². The summed E-state index contributed by atoms with van der Waals surface area (Å²) in [5.41, 5.74) is 1.11. The van der Waals surface area contributed by atoms with E-state index >= 15 is 0 Å². The molecule has 1 rings (SSSR count). The summed E-state index contributed by atoms with van der Waals surface area (Å²) in [4.78, 5) is 4.02. The fourth-order valence-electron chi connectivity index (χ4n) is 4.10. The van der Waals surface area contributed by atoms with Gasteiger partial charge in [-0.15, -0.1) is 0 Å². The van der Waals surface area contributed by atoms with Crippen LogP contribution in [0.2, 0.25) is 0 Å². The number of unbranched alkanes of at least 4 members (excludes halogenated alkanes) is 17. The molecule has 194 valence electrons. The van der Waals surface area contributed by atoms with Gasteiger partial charge < -0.3 is 4.74 Å². The molecule has 0 spiro atoms. The SMILES string of the molecule is CCCCCCCCCCCCC#CC#CCCCCCCCCCOc1ccc(C=NC)cc1. The quantitative estimate of drug-likeness (QED) is 0.0981. The Bertz CT molecular complexity index is 741. The van der Waals surface area contributed by atoms with Crippen molar-refractivity contribution in [3.63, 3.8) is 0 Å². The van der Waals surface area contributed by atoms with Crippen molar-refractivity contribution >= 4 is 6.21 Å². The molecule has 0 aliphatic heterocycles. The maximum Gasteiger partial charge on any atom is 0.119 e. The van der Waals surface area contributed by atoms with Crippen molar-refractivity contribution < 1.29 is 4.74 Å². The third-order valence-electron chi connectivity index (χ3n) is 6.27. The van der Waals surface area contributed by atoms with Crippen LogP contribution in [0.15, 0.2) is 29.3 Å². The molecule has 0 aliphatic rings. The molecule has 0 aromatic heterocycles. The largest absolute Gasteiger partial charge is 0.494 e. The zero-order chi connectivity index (χ0) is 25.1. The molecule has 1 aromatic carbocycles. The predicted octanol–water partition coefficient (Wildman–Crippen LogP) is 9.55. The van der Waals surface area contributed by atoms with Crippen LogP contribution in [0.4, 0.5) is 0 Å². The van der Waals surface area contributed by atoms with Gasteiger partial charge in [0.2, 0.25) is 0 Å². The normalized spacial score (nSPS) is 10.6. The summed E-state index contributed by atoms with van der Waals surface area (Å²) in [7, 11) is 1.79. The summed E-state index contributed by atoms with van der Waals surface area (Å²) in [6, 6.07) is 8.12. The molecule has 0 atom stereocenters. The van der Waals surface area contributed by atoms with Gasteiger partial charge in [0.1, 0.15) is 5.75 Å². The van der Waals surface area contributed by atoms with Crippen LogP contribution in [0.5, 0.6) is 5.75 Å². The van der Waals surface area contributed by atoms with Gasteiger partial charge in [-0.1, -0.05) is 109 Å². The molecule has 1 aromatic rings. The van der Waals surface area contributed by atoms with Gasteiger partial charge in [-0.3, -0.25) is 4.99 Å². The fraction of sp³-hybridized carbons (Fsp3) is 0.667. The Kier molecular flexibility index (Phi) is 22.0. The number of hydrogen-bond acceptors (Lipinski definition) is 2. The second-order valence-electron chi connectivity index (χ2n) is 9.57. The van der Waals surface area contributed by atoms with Gasteiger partial charge >= 0.3 is 0 Å². The van der Waals surface area contributed by atoms with E-state index in [-0.39, 0.29) is 0 Å².